The molecule has 0 spiro atoms. The van der Waals surface area contributed by atoms with Crippen molar-refractivity contribution in [3.8, 4) is 11.5 Å². The molecule has 2 aromatic rings. The van der Waals surface area contributed by atoms with Crippen LogP contribution in [0.4, 0.5) is 4.39 Å². The van der Waals surface area contributed by atoms with Crippen molar-refractivity contribution < 1.29 is 22.3 Å². The molecule has 0 fully saturated rings. The van der Waals surface area contributed by atoms with Crippen LogP contribution in [0.15, 0.2) is 41.3 Å². The van der Waals surface area contributed by atoms with Crippen molar-refractivity contribution in [3.05, 3.63) is 53.3 Å². The van der Waals surface area contributed by atoms with Crippen LogP contribution in [0.3, 0.4) is 0 Å². The average molecular weight is 339 g/mol. The van der Waals surface area contributed by atoms with Gasteiger partial charge >= 0.3 is 0 Å². The lowest BCUT2D eigenvalue weighted by atomic mass is 10.2. The Labute approximate surface area is 135 Å². The fourth-order valence-electron chi connectivity index (χ4n) is 2.11. The smallest absolute Gasteiger partial charge is 0.241 e. The molecule has 0 saturated heterocycles. The largest absolute Gasteiger partial charge is 0.497 e. The van der Waals surface area contributed by atoms with E-state index in [-0.39, 0.29) is 11.4 Å². The van der Waals surface area contributed by atoms with E-state index in [2.05, 4.69) is 4.72 Å². The van der Waals surface area contributed by atoms with Crippen LogP contribution in [-0.2, 0) is 16.6 Å². The summed E-state index contributed by atoms with van der Waals surface area (Å²) in [5, 5.41) is 0. The Morgan fingerprint density at radius 1 is 1.09 bits per heavy atom. The molecule has 0 aliphatic carbocycles. The van der Waals surface area contributed by atoms with Crippen LogP contribution in [0.1, 0.15) is 11.1 Å². The van der Waals surface area contributed by atoms with Gasteiger partial charge in [0.1, 0.15) is 17.3 Å². The lowest BCUT2D eigenvalue weighted by Crippen LogP contribution is -2.24. The van der Waals surface area contributed by atoms with E-state index in [0.717, 1.165) is 6.07 Å². The van der Waals surface area contributed by atoms with Gasteiger partial charge in [-0.2, -0.15) is 0 Å². The molecule has 0 bridgehead atoms. The van der Waals surface area contributed by atoms with Crippen molar-refractivity contribution in [2.75, 3.05) is 14.2 Å². The molecule has 7 heteroatoms. The minimum Gasteiger partial charge on any atom is -0.497 e. The minimum atomic E-state index is -3.83. The first-order valence-electron chi connectivity index (χ1n) is 6.84. The van der Waals surface area contributed by atoms with Crippen LogP contribution < -0.4 is 14.2 Å². The first-order chi connectivity index (χ1) is 10.9. The predicted molar refractivity (Wildman–Crippen MR) is 84.7 cm³/mol. The highest BCUT2D eigenvalue weighted by atomic mass is 32.2. The standard InChI is InChI=1S/C16H18FNO4S/c1-11-4-6-13(17)8-16(11)23(19,20)18-10-12-5-7-14(21-2)9-15(12)22-3/h4-9,18H,10H2,1-3H3. The quantitative estimate of drug-likeness (QED) is 0.879. The number of halogens is 1. The van der Waals surface area contributed by atoms with E-state index in [0.29, 0.717) is 22.6 Å². The Bertz CT molecular complexity index is 806. The molecule has 23 heavy (non-hydrogen) atoms. The monoisotopic (exact) mass is 339 g/mol. The van der Waals surface area contributed by atoms with Gasteiger partial charge in [0.15, 0.2) is 0 Å². The van der Waals surface area contributed by atoms with Crippen molar-refractivity contribution in [2.45, 2.75) is 18.4 Å². The van der Waals surface area contributed by atoms with Gasteiger partial charge in [0.05, 0.1) is 19.1 Å². The van der Waals surface area contributed by atoms with E-state index >= 15 is 0 Å². The Hall–Kier alpha value is -2.12. The second-order valence-electron chi connectivity index (χ2n) is 4.91. The maximum atomic E-state index is 13.3. The molecule has 5 nitrogen and oxygen atoms in total. The maximum absolute atomic E-state index is 13.3. The first-order valence-corrected chi connectivity index (χ1v) is 8.32. The normalized spacial score (nSPS) is 11.3. The molecule has 0 aliphatic heterocycles. The summed E-state index contributed by atoms with van der Waals surface area (Å²) in [5.74, 6) is 0.510. The van der Waals surface area contributed by atoms with Crippen LogP contribution in [0.5, 0.6) is 11.5 Å². The topological polar surface area (TPSA) is 64.6 Å². The van der Waals surface area contributed by atoms with E-state index in [1.54, 1.807) is 25.1 Å². The van der Waals surface area contributed by atoms with Crippen molar-refractivity contribution in [2.24, 2.45) is 0 Å². The summed E-state index contributed by atoms with van der Waals surface area (Å²) >= 11 is 0. The second-order valence-corrected chi connectivity index (χ2v) is 6.65. The summed E-state index contributed by atoms with van der Waals surface area (Å²) in [6.07, 6.45) is 0. The van der Waals surface area contributed by atoms with Crippen LogP contribution >= 0.6 is 0 Å². The highest BCUT2D eigenvalue weighted by molar-refractivity contribution is 7.89. The molecule has 1 N–H and O–H groups in total. The third-order valence-corrected chi connectivity index (χ3v) is 4.93. The molecule has 0 radical (unpaired) electrons. The molecular formula is C16H18FNO4S. The van der Waals surface area contributed by atoms with Crippen molar-refractivity contribution in [1.82, 2.24) is 4.72 Å². The fraction of sp³-hybridized carbons (Fsp3) is 0.250. The third-order valence-electron chi connectivity index (χ3n) is 3.39. The minimum absolute atomic E-state index is 0.0193. The van der Waals surface area contributed by atoms with Crippen LogP contribution in [0, 0.1) is 12.7 Å². The SMILES string of the molecule is COc1ccc(CNS(=O)(=O)c2cc(F)ccc2C)c(OC)c1. The van der Waals surface area contributed by atoms with Gasteiger partial charge in [0.2, 0.25) is 10.0 Å². The lowest BCUT2D eigenvalue weighted by molar-refractivity contribution is 0.390. The number of aryl methyl sites for hydroxylation is 1. The Morgan fingerprint density at radius 2 is 1.83 bits per heavy atom. The Morgan fingerprint density at radius 3 is 2.48 bits per heavy atom. The zero-order chi connectivity index (χ0) is 17.0. The number of hydrogen-bond donors (Lipinski definition) is 1. The van der Waals surface area contributed by atoms with Crippen molar-refractivity contribution in [3.63, 3.8) is 0 Å². The van der Waals surface area contributed by atoms with Crippen LogP contribution in [0.25, 0.3) is 0 Å². The lowest BCUT2D eigenvalue weighted by Gasteiger charge is -2.13. The molecular weight excluding hydrogens is 321 g/mol. The maximum Gasteiger partial charge on any atom is 0.241 e. The Kier molecular flexibility index (Phi) is 5.23. The van der Waals surface area contributed by atoms with Gasteiger partial charge in [-0.25, -0.2) is 17.5 Å². The van der Waals surface area contributed by atoms with E-state index < -0.39 is 15.8 Å². The molecule has 0 atom stereocenters. The molecule has 0 unspecified atom stereocenters. The van der Waals surface area contributed by atoms with E-state index in [4.69, 9.17) is 9.47 Å². The summed E-state index contributed by atoms with van der Waals surface area (Å²) < 4.78 is 50.8. The molecule has 2 aromatic carbocycles. The van der Waals surface area contributed by atoms with Gasteiger partial charge < -0.3 is 9.47 Å². The Balaban J connectivity index is 2.24. The van der Waals surface area contributed by atoms with Gasteiger partial charge in [-0.05, 0) is 30.7 Å². The summed E-state index contributed by atoms with van der Waals surface area (Å²) in [4.78, 5) is -0.0787. The third kappa shape index (κ3) is 4.00. The number of ether oxygens (including phenoxy) is 2. The number of methoxy groups -OCH3 is 2. The number of rotatable bonds is 6. The summed E-state index contributed by atoms with van der Waals surface area (Å²) in [6, 6.07) is 8.73. The zero-order valence-corrected chi connectivity index (χ0v) is 13.9. The number of hydrogen-bond acceptors (Lipinski definition) is 4. The van der Waals surface area contributed by atoms with Crippen molar-refractivity contribution >= 4 is 10.0 Å². The fourth-order valence-corrected chi connectivity index (χ4v) is 3.37. The van der Waals surface area contributed by atoms with Gasteiger partial charge in [0.25, 0.3) is 0 Å². The molecule has 124 valence electrons. The van der Waals surface area contributed by atoms with Gasteiger partial charge in [-0.15, -0.1) is 0 Å². The molecule has 0 aliphatic rings. The average Bonchev–Trinajstić information content (AvgIpc) is 2.54. The van der Waals surface area contributed by atoms with Gasteiger partial charge in [0, 0.05) is 18.2 Å². The number of benzene rings is 2. The van der Waals surface area contributed by atoms with E-state index in [1.165, 1.54) is 26.4 Å². The molecule has 0 heterocycles. The van der Waals surface area contributed by atoms with Crippen LogP contribution in [-0.4, -0.2) is 22.6 Å². The molecule has 0 saturated carbocycles. The van der Waals surface area contributed by atoms with Gasteiger partial charge in [-0.1, -0.05) is 12.1 Å². The number of sulfonamides is 1. The molecule has 2 rings (SSSR count). The first kappa shape index (κ1) is 17.2. The predicted octanol–water partition coefficient (Wildman–Crippen LogP) is 2.63. The van der Waals surface area contributed by atoms with E-state index in [1.807, 2.05) is 0 Å². The van der Waals surface area contributed by atoms with Crippen molar-refractivity contribution in [1.29, 1.82) is 0 Å². The summed E-state index contributed by atoms with van der Waals surface area (Å²) in [6.45, 7) is 1.63. The highest BCUT2D eigenvalue weighted by Gasteiger charge is 2.18. The molecule has 0 amide bonds. The summed E-state index contributed by atoms with van der Waals surface area (Å²) in [7, 11) is -0.808. The second kappa shape index (κ2) is 6.97. The van der Waals surface area contributed by atoms with Crippen LogP contribution in [0.2, 0.25) is 0 Å². The summed E-state index contributed by atoms with van der Waals surface area (Å²) in [5.41, 5.74) is 1.12. The number of nitrogens with one attached hydrogen (secondary N) is 1. The van der Waals surface area contributed by atoms with Gasteiger partial charge in [-0.3, -0.25) is 0 Å². The molecule has 0 aromatic heterocycles. The van der Waals surface area contributed by atoms with E-state index in [9.17, 15) is 12.8 Å². The highest BCUT2D eigenvalue weighted by Crippen LogP contribution is 2.25. The zero-order valence-electron chi connectivity index (χ0n) is 13.1.